The molecule has 1 spiro atoms. The molecule has 2 aliphatic carbocycles. The van der Waals surface area contributed by atoms with Crippen LogP contribution in [-0.2, 0) is 14.9 Å². The molecule has 0 radical (unpaired) electrons. The Morgan fingerprint density at radius 3 is 2.48 bits per heavy atom. The van der Waals surface area contributed by atoms with E-state index >= 15 is 0 Å². The Morgan fingerprint density at radius 1 is 1.26 bits per heavy atom. The van der Waals surface area contributed by atoms with Gasteiger partial charge in [-0.15, -0.1) is 0 Å². The van der Waals surface area contributed by atoms with Crippen LogP contribution >= 0.6 is 0 Å². The maximum absolute atomic E-state index is 12.4. The topological polar surface area (TPSA) is 58.6 Å². The molecular weight excluding hydrogens is 333 g/mol. The maximum atomic E-state index is 12.4. The summed E-state index contributed by atoms with van der Waals surface area (Å²) in [6.07, 6.45) is -0.606. The van der Waals surface area contributed by atoms with Gasteiger partial charge in [-0.05, 0) is 51.4 Å². The van der Waals surface area contributed by atoms with Gasteiger partial charge in [-0.3, -0.25) is 0 Å². The van der Waals surface area contributed by atoms with Gasteiger partial charge in [0.1, 0.15) is 6.54 Å². The Morgan fingerprint density at radius 2 is 1.96 bits per heavy atom. The van der Waals surface area contributed by atoms with Crippen LogP contribution in [0.5, 0.6) is 0 Å². The first-order valence-electron chi connectivity index (χ1n) is 7.93. The first kappa shape index (κ1) is 17.4. The molecule has 1 N–H and O–H groups in total. The smallest absolute Gasteiger partial charge is 0.366 e. The molecule has 23 heavy (non-hydrogen) atoms. The number of nitrogens with zero attached hydrogens (tertiary/aromatic N) is 1. The number of halogens is 3. The Bertz CT molecular complexity index is 578. The van der Waals surface area contributed by atoms with E-state index in [2.05, 4.69) is 0 Å². The number of fused-ring (bicyclic) bond motifs is 3. The van der Waals surface area contributed by atoms with Crippen LogP contribution in [-0.4, -0.2) is 49.7 Å². The molecule has 5 nitrogen and oxygen atoms in total. The summed E-state index contributed by atoms with van der Waals surface area (Å²) in [5.41, 5.74) is -1.26. The van der Waals surface area contributed by atoms with Crippen LogP contribution in [0.15, 0.2) is 0 Å². The predicted molar refractivity (Wildman–Crippen MR) is 77.9 cm³/mol. The van der Waals surface area contributed by atoms with Gasteiger partial charge in [0.05, 0.1) is 11.2 Å². The van der Waals surface area contributed by atoms with Gasteiger partial charge in [-0.25, -0.2) is 0 Å². The lowest BCUT2D eigenvalue weighted by Crippen LogP contribution is -2.64. The van der Waals surface area contributed by atoms with Gasteiger partial charge in [-0.1, -0.05) is 0 Å². The highest BCUT2D eigenvalue weighted by Gasteiger charge is 2.58. The molecule has 1 saturated heterocycles. The number of hydrogen-bond donors (Lipinski definition) is 1. The summed E-state index contributed by atoms with van der Waals surface area (Å²) in [4.78, 5) is 0. The average molecular weight is 356 g/mol. The molecule has 2 saturated carbocycles. The van der Waals surface area contributed by atoms with Gasteiger partial charge >= 0.3 is 6.18 Å². The van der Waals surface area contributed by atoms with E-state index in [0.717, 1.165) is 30.0 Å². The van der Waals surface area contributed by atoms with E-state index in [-0.39, 0.29) is 13.1 Å². The van der Waals surface area contributed by atoms with Crippen LogP contribution in [0.1, 0.15) is 39.5 Å². The Hall–Kier alpha value is -0.380. The molecule has 2 bridgehead atoms. The van der Waals surface area contributed by atoms with Crippen LogP contribution in [0.4, 0.5) is 13.2 Å². The lowest BCUT2D eigenvalue weighted by Gasteiger charge is -2.51. The molecule has 3 fully saturated rings. The minimum Gasteiger partial charge on any atom is -0.366 e. The number of ether oxygens (including phenoxy) is 1. The SMILES string of the molecule is CC1(C)CN(S(=O)(=O)NCC(F)(F)F)C[C@]2(C[C@@H]3CC[C@H]2C3)O1. The minimum atomic E-state index is -4.57. The molecule has 0 aromatic carbocycles. The lowest BCUT2D eigenvalue weighted by atomic mass is 9.81. The molecule has 3 atom stereocenters. The highest BCUT2D eigenvalue weighted by Crippen LogP contribution is 2.55. The third kappa shape index (κ3) is 3.52. The normalized spacial score (nSPS) is 37.6. The van der Waals surface area contributed by atoms with E-state index in [1.807, 2.05) is 0 Å². The Kier molecular flexibility index (Phi) is 4.02. The van der Waals surface area contributed by atoms with Crippen LogP contribution in [0, 0.1) is 11.8 Å². The number of rotatable bonds is 3. The molecule has 1 aliphatic heterocycles. The minimum absolute atomic E-state index is 0.0549. The monoisotopic (exact) mass is 356 g/mol. The van der Waals surface area contributed by atoms with Crippen molar-refractivity contribution < 1.29 is 26.3 Å². The van der Waals surface area contributed by atoms with Crippen molar-refractivity contribution in [2.45, 2.75) is 56.9 Å². The zero-order chi connectivity index (χ0) is 17.1. The van der Waals surface area contributed by atoms with Crippen LogP contribution in [0.3, 0.4) is 0 Å². The van der Waals surface area contributed by atoms with Gasteiger partial charge in [0.25, 0.3) is 10.2 Å². The van der Waals surface area contributed by atoms with Crippen molar-refractivity contribution in [3.05, 3.63) is 0 Å². The standard InChI is InChI=1S/C14H23F3N2O3S/c1-12(2)8-19(23(20,21)18-7-14(15,16)17)9-13(22-12)6-10-3-4-11(13)5-10/h10-11,18H,3-9H2,1-2H3/t10-,11+,13+/m1/s1. The summed E-state index contributed by atoms with van der Waals surface area (Å²) in [6.45, 7) is 2.24. The number of nitrogens with one attached hydrogen (secondary N) is 1. The summed E-state index contributed by atoms with van der Waals surface area (Å²) < 4.78 is 70.8. The van der Waals surface area contributed by atoms with Gasteiger partial charge < -0.3 is 4.74 Å². The van der Waals surface area contributed by atoms with Gasteiger partial charge in [0.2, 0.25) is 0 Å². The Balaban J connectivity index is 1.79. The summed E-state index contributed by atoms with van der Waals surface area (Å²) in [5, 5.41) is 0. The Labute approximate surface area is 134 Å². The molecule has 0 aromatic heterocycles. The molecule has 134 valence electrons. The average Bonchev–Trinajstić information content (AvgIpc) is 2.94. The predicted octanol–water partition coefficient (Wildman–Crippen LogP) is 2.05. The second-order valence-electron chi connectivity index (χ2n) is 7.72. The van der Waals surface area contributed by atoms with E-state index in [9.17, 15) is 21.6 Å². The van der Waals surface area contributed by atoms with Crippen LogP contribution in [0.25, 0.3) is 0 Å². The van der Waals surface area contributed by atoms with Crippen molar-refractivity contribution in [2.24, 2.45) is 11.8 Å². The third-order valence-corrected chi connectivity index (χ3v) is 6.64. The fourth-order valence-electron chi connectivity index (χ4n) is 4.54. The van der Waals surface area contributed by atoms with Crippen LogP contribution < -0.4 is 4.72 Å². The third-order valence-electron chi connectivity index (χ3n) is 5.20. The maximum Gasteiger partial charge on any atom is 0.402 e. The first-order valence-corrected chi connectivity index (χ1v) is 9.37. The summed E-state index contributed by atoms with van der Waals surface area (Å²) >= 11 is 0. The summed E-state index contributed by atoms with van der Waals surface area (Å²) in [7, 11) is -4.18. The fraction of sp³-hybridized carbons (Fsp3) is 1.00. The van der Waals surface area contributed by atoms with E-state index < -0.39 is 34.1 Å². The van der Waals surface area contributed by atoms with E-state index in [1.54, 1.807) is 18.6 Å². The lowest BCUT2D eigenvalue weighted by molar-refractivity contribution is -0.203. The van der Waals surface area contributed by atoms with Crippen molar-refractivity contribution in [1.29, 1.82) is 0 Å². The van der Waals surface area contributed by atoms with E-state index in [4.69, 9.17) is 4.74 Å². The van der Waals surface area contributed by atoms with Gasteiger partial charge in [0, 0.05) is 13.1 Å². The fourth-order valence-corrected chi connectivity index (χ4v) is 5.94. The molecule has 9 heteroatoms. The highest BCUT2D eigenvalue weighted by atomic mass is 32.2. The zero-order valence-electron chi connectivity index (χ0n) is 13.3. The molecule has 0 amide bonds. The highest BCUT2D eigenvalue weighted by molar-refractivity contribution is 7.87. The number of hydrogen-bond acceptors (Lipinski definition) is 3. The molecule has 0 aromatic rings. The summed E-state index contributed by atoms with van der Waals surface area (Å²) in [5.74, 6) is 0.842. The van der Waals surface area contributed by atoms with Crippen molar-refractivity contribution in [2.75, 3.05) is 19.6 Å². The number of alkyl halides is 3. The van der Waals surface area contributed by atoms with Crippen molar-refractivity contribution >= 4 is 10.2 Å². The molecule has 3 aliphatic rings. The van der Waals surface area contributed by atoms with Crippen molar-refractivity contribution in [3.8, 4) is 0 Å². The first-order chi connectivity index (χ1) is 10.4. The van der Waals surface area contributed by atoms with Gasteiger partial charge in [0.15, 0.2) is 0 Å². The molecule has 0 unspecified atom stereocenters. The quantitative estimate of drug-likeness (QED) is 0.842. The second-order valence-corrected chi connectivity index (χ2v) is 9.47. The summed E-state index contributed by atoms with van der Waals surface area (Å²) in [6, 6.07) is 0. The van der Waals surface area contributed by atoms with E-state index in [0.29, 0.717) is 11.8 Å². The molecule has 3 rings (SSSR count). The number of morpholine rings is 1. The second kappa shape index (κ2) is 5.31. The zero-order valence-corrected chi connectivity index (χ0v) is 14.1. The van der Waals surface area contributed by atoms with E-state index in [1.165, 1.54) is 0 Å². The van der Waals surface area contributed by atoms with Gasteiger partial charge in [-0.2, -0.15) is 30.6 Å². The van der Waals surface area contributed by atoms with Crippen molar-refractivity contribution in [3.63, 3.8) is 0 Å². The van der Waals surface area contributed by atoms with Crippen LogP contribution in [0.2, 0.25) is 0 Å². The van der Waals surface area contributed by atoms with Crippen molar-refractivity contribution in [1.82, 2.24) is 9.03 Å². The largest absolute Gasteiger partial charge is 0.402 e. The molecule has 1 heterocycles. The molecular formula is C14H23F3N2O3S.